The monoisotopic (exact) mass is 261 g/mol. The highest BCUT2D eigenvalue weighted by atomic mass is 15.2. The molecule has 0 fully saturated rings. The van der Waals surface area contributed by atoms with Gasteiger partial charge in [-0.2, -0.15) is 0 Å². The quantitative estimate of drug-likeness (QED) is 0.630. The van der Waals surface area contributed by atoms with E-state index in [1.54, 1.807) is 0 Å². The molecule has 2 unspecified atom stereocenters. The van der Waals surface area contributed by atoms with E-state index in [-0.39, 0.29) is 17.3 Å². The van der Waals surface area contributed by atoms with Crippen LogP contribution in [-0.4, -0.2) is 23.8 Å². The molecule has 0 amide bonds. The third-order valence-electron chi connectivity index (χ3n) is 3.95. The summed E-state index contributed by atoms with van der Waals surface area (Å²) in [4.78, 5) is 2.33. The van der Waals surface area contributed by atoms with Crippen LogP contribution < -0.4 is 5.73 Å². The van der Waals surface area contributed by atoms with E-state index in [1.165, 1.54) is 5.56 Å². The van der Waals surface area contributed by atoms with Crippen LogP contribution in [0.25, 0.3) is 0 Å². The normalized spacial score (nSPS) is 15.3. The number of nitrogens with zero attached hydrogens (tertiary/aromatic N) is 1. The summed E-state index contributed by atoms with van der Waals surface area (Å²) < 4.78 is 0. The van der Waals surface area contributed by atoms with Crippen molar-refractivity contribution in [2.45, 2.75) is 46.2 Å². The van der Waals surface area contributed by atoms with E-state index in [2.05, 4.69) is 51.8 Å². The van der Waals surface area contributed by atoms with Crippen molar-refractivity contribution >= 4 is 5.84 Å². The Morgan fingerprint density at radius 1 is 1.26 bits per heavy atom. The summed E-state index contributed by atoms with van der Waals surface area (Å²) in [5.74, 6) is 0.238. The predicted molar refractivity (Wildman–Crippen MR) is 82.4 cm³/mol. The zero-order valence-corrected chi connectivity index (χ0v) is 12.8. The molecule has 0 bridgehead atoms. The largest absolute Gasteiger partial charge is 0.388 e. The van der Waals surface area contributed by atoms with Gasteiger partial charge in [-0.25, -0.2) is 0 Å². The molecule has 0 aliphatic carbocycles. The molecule has 0 aliphatic rings. The minimum absolute atomic E-state index is 0.160. The van der Waals surface area contributed by atoms with Crippen molar-refractivity contribution in [1.29, 1.82) is 5.41 Å². The lowest BCUT2D eigenvalue weighted by Gasteiger charge is -2.40. The fourth-order valence-electron chi connectivity index (χ4n) is 2.26. The van der Waals surface area contributed by atoms with Crippen LogP contribution in [0.1, 0.15) is 45.7 Å². The average molecular weight is 261 g/mol. The Bertz CT molecular complexity index is 406. The third kappa shape index (κ3) is 4.35. The van der Waals surface area contributed by atoms with Crippen molar-refractivity contribution in [2.24, 2.45) is 11.1 Å². The first-order valence-corrected chi connectivity index (χ1v) is 6.83. The minimum atomic E-state index is 0.160. The molecule has 19 heavy (non-hydrogen) atoms. The second-order valence-corrected chi connectivity index (χ2v) is 6.36. The van der Waals surface area contributed by atoms with Gasteiger partial charge < -0.3 is 5.73 Å². The fourth-order valence-corrected chi connectivity index (χ4v) is 2.26. The molecule has 2 atom stereocenters. The smallest absolute Gasteiger partial charge is 0.0924 e. The number of rotatable bonds is 5. The number of hydrogen-bond acceptors (Lipinski definition) is 2. The Morgan fingerprint density at radius 2 is 1.79 bits per heavy atom. The Morgan fingerprint density at radius 3 is 2.21 bits per heavy atom. The van der Waals surface area contributed by atoms with E-state index in [9.17, 15) is 0 Å². The van der Waals surface area contributed by atoms with Gasteiger partial charge in [-0.3, -0.25) is 10.3 Å². The average Bonchev–Trinajstić information content (AvgIpc) is 2.34. The fraction of sp³-hybridized carbons (Fsp3) is 0.562. The molecule has 3 N–H and O–H groups in total. The lowest BCUT2D eigenvalue weighted by atomic mass is 9.85. The molecule has 1 aromatic rings. The van der Waals surface area contributed by atoms with Crippen LogP contribution in [0.15, 0.2) is 30.3 Å². The summed E-state index contributed by atoms with van der Waals surface area (Å²) in [7, 11) is 2.12. The first-order valence-electron chi connectivity index (χ1n) is 6.83. The van der Waals surface area contributed by atoms with Crippen LogP contribution in [0.3, 0.4) is 0 Å². The van der Waals surface area contributed by atoms with Crippen LogP contribution in [0, 0.1) is 10.8 Å². The second kappa shape index (κ2) is 6.20. The first kappa shape index (κ1) is 15.7. The van der Waals surface area contributed by atoms with Crippen molar-refractivity contribution < 1.29 is 0 Å². The van der Waals surface area contributed by atoms with Crippen LogP contribution in [0.4, 0.5) is 0 Å². The summed E-state index contributed by atoms with van der Waals surface area (Å²) in [6.07, 6.45) is 0.570. The van der Waals surface area contributed by atoms with E-state index in [1.807, 2.05) is 18.2 Å². The molecule has 0 heterocycles. The molecule has 3 nitrogen and oxygen atoms in total. The Kier molecular flexibility index (Phi) is 5.12. The molecule has 0 radical (unpaired) electrons. The van der Waals surface area contributed by atoms with E-state index < -0.39 is 0 Å². The molecule has 0 spiro atoms. The van der Waals surface area contributed by atoms with Crippen molar-refractivity contribution in [1.82, 2.24) is 4.90 Å². The molecule has 1 aromatic carbocycles. The SMILES string of the molecule is CC(N(C)C(CC(=N)N)c1ccccc1)C(C)(C)C. The highest BCUT2D eigenvalue weighted by Gasteiger charge is 2.29. The summed E-state index contributed by atoms with van der Waals surface area (Å²) in [6.45, 7) is 8.95. The Balaban J connectivity index is 3.01. The Labute approximate surface area is 117 Å². The standard InChI is InChI=1S/C16H27N3/c1-12(16(2,3)4)19(5)14(11-15(17)18)13-9-7-6-8-10-13/h6-10,12,14H,11H2,1-5H3,(H3,17,18). The molecule has 0 saturated heterocycles. The maximum Gasteiger partial charge on any atom is 0.0924 e. The number of nitrogens with one attached hydrogen (secondary N) is 1. The number of benzene rings is 1. The van der Waals surface area contributed by atoms with Gasteiger partial charge in [0.05, 0.1) is 5.84 Å². The highest BCUT2D eigenvalue weighted by Crippen LogP contribution is 2.31. The number of nitrogens with two attached hydrogens (primary N) is 1. The van der Waals surface area contributed by atoms with Crippen LogP contribution in [-0.2, 0) is 0 Å². The molecule has 0 aromatic heterocycles. The van der Waals surface area contributed by atoms with Crippen molar-refractivity contribution in [3.05, 3.63) is 35.9 Å². The van der Waals surface area contributed by atoms with Crippen LogP contribution in [0.5, 0.6) is 0 Å². The van der Waals surface area contributed by atoms with Gasteiger partial charge in [0.2, 0.25) is 0 Å². The van der Waals surface area contributed by atoms with Crippen LogP contribution in [0.2, 0.25) is 0 Å². The third-order valence-corrected chi connectivity index (χ3v) is 3.95. The maximum absolute atomic E-state index is 7.62. The molecule has 106 valence electrons. The van der Waals surface area contributed by atoms with E-state index in [4.69, 9.17) is 11.1 Å². The summed E-state index contributed by atoms with van der Waals surface area (Å²) >= 11 is 0. The second-order valence-electron chi connectivity index (χ2n) is 6.36. The van der Waals surface area contributed by atoms with E-state index >= 15 is 0 Å². The van der Waals surface area contributed by atoms with Gasteiger partial charge in [0.1, 0.15) is 0 Å². The van der Waals surface area contributed by atoms with E-state index in [0.29, 0.717) is 12.5 Å². The molecular weight excluding hydrogens is 234 g/mol. The molecule has 1 rings (SSSR count). The zero-order valence-electron chi connectivity index (χ0n) is 12.8. The van der Waals surface area contributed by atoms with Gasteiger partial charge in [-0.15, -0.1) is 0 Å². The van der Waals surface area contributed by atoms with Gasteiger partial charge in [-0.1, -0.05) is 51.1 Å². The predicted octanol–water partition coefficient (Wildman–Crippen LogP) is 3.42. The highest BCUT2D eigenvalue weighted by molar-refractivity contribution is 5.77. The van der Waals surface area contributed by atoms with E-state index in [0.717, 1.165) is 0 Å². The van der Waals surface area contributed by atoms with Gasteiger partial charge in [0, 0.05) is 18.5 Å². The Hall–Kier alpha value is -1.35. The van der Waals surface area contributed by atoms with Gasteiger partial charge in [0.25, 0.3) is 0 Å². The first-order chi connectivity index (χ1) is 8.73. The summed E-state index contributed by atoms with van der Waals surface area (Å²) in [5, 5.41) is 7.62. The van der Waals surface area contributed by atoms with Crippen molar-refractivity contribution in [3.63, 3.8) is 0 Å². The zero-order chi connectivity index (χ0) is 14.6. The number of amidine groups is 1. The lowest BCUT2D eigenvalue weighted by molar-refractivity contribution is 0.0994. The molecular formula is C16H27N3. The molecule has 0 aliphatic heterocycles. The van der Waals surface area contributed by atoms with Crippen molar-refractivity contribution in [3.8, 4) is 0 Å². The summed E-state index contributed by atoms with van der Waals surface area (Å²) in [6, 6.07) is 10.9. The minimum Gasteiger partial charge on any atom is -0.388 e. The lowest BCUT2D eigenvalue weighted by Crippen LogP contribution is -2.42. The van der Waals surface area contributed by atoms with Crippen molar-refractivity contribution in [2.75, 3.05) is 7.05 Å². The number of hydrogen-bond donors (Lipinski definition) is 2. The molecule has 3 heteroatoms. The topological polar surface area (TPSA) is 53.1 Å². The van der Waals surface area contributed by atoms with Gasteiger partial charge >= 0.3 is 0 Å². The molecule has 0 saturated carbocycles. The van der Waals surface area contributed by atoms with Crippen LogP contribution >= 0.6 is 0 Å². The summed E-state index contributed by atoms with van der Waals surface area (Å²) in [5.41, 5.74) is 7.05. The van der Waals surface area contributed by atoms with Gasteiger partial charge in [0.15, 0.2) is 0 Å². The maximum atomic E-state index is 7.62. The van der Waals surface area contributed by atoms with Gasteiger partial charge in [-0.05, 0) is 24.9 Å².